The smallest absolute Gasteiger partial charge is 0.258 e. The van der Waals surface area contributed by atoms with Crippen LogP contribution in [0.25, 0.3) is 0 Å². The minimum Gasteiger partial charge on any atom is -0.451 e. The Morgan fingerprint density at radius 1 is 1.09 bits per heavy atom. The van der Waals surface area contributed by atoms with Crippen LogP contribution in [-0.4, -0.2) is 95.1 Å². The van der Waals surface area contributed by atoms with Crippen molar-refractivity contribution in [3.63, 3.8) is 0 Å². The van der Waals surface area contributed by atoms with E-state index >= 15 is 0 Å². The number of hydrogen-bond donors (Lipinski definition) is 1. The first-order valence-electron chi connectivity index (χ1n) is 17.5. The van der Waals surface area contributed by atoms with Gasteiger partial charge in [-0.15, -0.1) is 0 Å². The third-order valence-electron chi connectivity index (χ3n) is 11.5. The molecule has 0 radical (unpaired) electrons. The summed E-state index contributed by atoms with van der Waals surface area (Å²) in [7, 11) is 0. The third-order valence-corrected chi connectivity index (χ3v) is 11.5. The summed E-state index contributed by atoms with van der Waals surface area (Å²) in [6.45, 7) is 14.1. The number of carbonyl (C=O) groups is 2. The second kappa shape index (κ2) is 12.3. The normalized spacial score (nSPS) is 26.5. The fraction of sp³-hybridized carbons (Fsp3) is 0.667. The Balaban J connectivity index is 0.937. The lowest BCUT2D eigenvalue weighted by molar-refractivity contribution is -0.155. The number of nitrogens with zero attached hydrogens (tertiary/aromatic N) is 5. The molecule has 4 saturated heterocycles. The van der Waals surface area contributed by atoms with Gasteiger partial charge in [0.15, 0.2) is 11.6 Å². The van der Waals surface area contributed by atoms with Crippen molar-refractivity contribution < 1.29 is 23.5 Å². The first-order chi connectivity index (χ1) is 22.5. The summed E-state index contributed by atoms with van der Waals surface area (Å²) in [5.41, 5.74) is 0.204. The molecule has 5 fully saturated rings. The number of anilines is 1. The summed E-state index contributed by atoms with van der Waals surface area (Å²) < 4.78 is 26.1. The van der Waals surface area contributed by atoms with Crippen molar-refractivity contribution in [2.45, 2.75) is 90.3 Å². The Hall–Kier alpha value is -3.31. The van der Waals surface area contributed by atoms with Crippen molar-refractivity contribution in [3.05, 3.63) is 42.1 Å². The quantitative estimate of drug-likeness (QED) is 0.426. The predicted octanol–water partition coefficient (Wildman–Crippen LogP) is 5.03. The van der Waals surface area contributed by atoms with Crippen LogP contribution in [-0.2, 0) is 9.53 Å². The third kappa shape index (κ3) is 6.09. The number of rotatable bonds is 8. The summed E-state index contributed by atoms with van der Waals surface area (Å²) in [4.78, 5) is 41.6. The number of nitrogens with one attached hydrogen (secondary N) is 1. The molecule has 0 atom stereocenters. The molecule has 254 valence electrons. The standard InChI is InChI=1S/C36H49FN6O4/c1-24(2)43(25(3)4)32(44)28-15-27(37)5-6-29(28)47-30-16-38-23-39-31(30)42-19-34(20-42)11-13-41(14-12-34)17-26-7-9-36(10-8-26)18-35(21-46-22-35)33(45)40-36/h5-6,15-16,23-26H,7-14,17-22H2,1-4H3,(H,40,45). The van der Waals surface area contributed by atoms with Crippen molar-refractivity contribution in [2.75, 3.05) is 50.8 Å². The SMILES string of the molecule is CC(C)N(C(=O)c1cc(F)ccc1Oc1cncnc1N1CC2(CCN(CC3CCC4(CC3)CC3(COC3)C(=O)N4)CC2)C1)C(C)C. The van der Waals surface area contributed by atoms with E-state index in [-0.39, 0.29) is 45.8 Å². The molecule has 11 heteroatoms. The van der Waals surface area contributed by atoms with Crippen molar-refractivity contribution in [1.29, 1.82) is 0 Å². The van der Waals surface area contributed by atoms with Gasteiger partial charge in [0.25, 0.3) is 5.91 Å². The van der Waals surface area contributed by atoms with Gasteiger partial charge in [-0.3, -0.25) is 9.59 Å². The second-order valence-electron chi connectivity index (χ2n) is 15.6. The summed E-state index contributed by atoms with van der Waals surface area (Å²) in [5, 5.41) is 3.38. The molecule has 1 N–H and O–H groups in total. The fourth-order valence-electron chi connectivity index (χ4n) is 8.95. The number of halogens is 1. The van der Waals surface area contributed by atoms with Crippen molar-refractivity contribution in [2.24, 2.45) is 16.7 Å². The van der Waals surface area contributed by atoms with Gasteiger partial charge in [-0.25, -0.2) is 14.4 Å². The predicted molar refractivity (Wildman–Crippen MR) is 176 cm³/mol. The molecule has 1 aliphatic carbocycles. The first kappa shape index (κ1) is 32.2. The van der Waals surface area contributed by atoms with E-state index < -0.39 is 5.82 Å². The number of hydrogen-bond acceptors (Lipinski definition) is 8. The molecule has 10 nitrogen and oxygen atoms in total. The first-order valence-corrected chi connectivity index (χ1v) is 17.5. The van der Waals surface area contributed by atoms with Crippen LogP contribution in [0, 0.1) is 22.6 Å². The van der Waals surface area contributed by atoms with Crippen LogP contribution in [0.2, 0.25) is 0 Å². The molecule has 1 saturated carbocycles. The van der Waals surface area contributed by atoms with Gasteiger partial charge < -0.3 is 29.5 Å². The molecule has 7 rings (SSSR count). The summed E-state index contributed by atoms with van der Waals surface area (Å²) in [6.07, 6.45) is 10.9. The van der Waals surface area contributed by atoms with Crippen molar-refractivity contribution in [3.8, 4) is 11.5 Å². The van der Waals surface area contributed by atoms with Gasteiger partial charge in [-0.05, 0) is 110 Å². The lowest BCUT2D eigenvalue weighted by Crippen LogP contribution is -2.61. The number of ether oxygens (including phenoxy) is 2. The van der Waals surface area contributed by atoms with Crippen molar-refractivity contribution >= 4 is 17.6 Å². The molecule has 3 spiro atoms. The van der Waals surface area contributed by atoms with E-state index in [4.69, 9.17) is 9.47 Å². The Kier molecular flexibility index (Phi) is 8.43. The molecule has 1 aromatic carbocycles. The molecule has 0 unspecified atom stereocenters. The van der Waals surface area contributed by atoms with E-state index in [9.17, 15) is 14.0 Å². The maximum atomic E-state index is 14.4. The highest BCUT2D eigenvalue weighted by atomic mass is 19.1. The van der Waals surface area contributed by atoms with E-state index in [1.807, 2.05) is 27.7 Å². The minimum atomic E-state index is -0.485. The zero-order chi connectivity index (χ0) is 33.0. The van der Waals surface area contributed by atoms with E-state index in [1.54, 1.807) is 11.1 Å². The monoisotopic (exact) mass is 648 g/mol. The van der Waals surface area contributed by atoms with Crippen LogP contribution in [0.5, 0.6) is 11.5 Å². The van der Waals surface area contributed by atoms with E-state index in [0.717, 1.165) is 64.8 Å². The average molecular weight is 649 g/mol. The van der Waals surface area contributed by atoms with Gasteiger partial charge >= 0.3 is 0 Å². The number of amides is 2. The van der Waals surface area contributed by atoms with Crippen molar-refractivity contribution in [1.82, 2.24) is 25.1 Å². The number of piperidine rings is 1. The highest BCUT2D eigenvalue weighted by molar-refractivity contribution is 5.97. The molecule has 1 aromatic heterocycles. The molecule has 5 heterocycles. The highest BCUT2D eigenvalue weighted by Crippen LogP contribution is 2.49. The van der Waals surface area contributed by atoms with Gasteiger partial charge in [-0.2, -0.15) is 0 Å². The van der Waals surface area contributed by atoms with Crippen LogP contribution >= 0.6 is 0 Å². The van der Waals surface area contributed by atoms with Gasteiger partial charge in [-0.1, -0.05) is 0 Å². The Morgan fingerprint density at radius 2 is 1.79 bits per heavy atom. The molecule has 2 aromatic rings. The summed E-state index contributed by atoms with van der Waals surface area (Å²) in [5.74, 6) is 1.61. The van der Waals surface area contributed by atoms with Gasteiger partial charge in [0.2, 0.25) is 5.91 Å². The molecule has 4 aliphatic heterocycles. The fourth-order valence-corrected chi connectivity index (χ4v) is 8.95. The molecule has 0 bridgehead atoms. The number of carbonyl (C=O) groups excluding carboxylic acids is 2. The number of likely N-dealkylation sites (tertiary alicyclic amines) is 1. The lowest BCUT2D eigenvalue weighted by Gasteiger charge is -2.55. The summed E-state index contributed by atoms with van der Waals surface area (Å²) >= 11 is 0. The molecule has 5 aliphatic rings. The zero-order valence-corrected chi connectivity index (χ0v) is 28.3. The van der Waals surface area contributed by atoms with E-state index in [2.05, 4.69) is 25.1 Å². The van der Waals surface area contributed by atoms with Crippen LogP contribution in [0.15, 0.2) is 30.7 Å². The molecular formula is C36H49FN6O4. The van der Waals surface area contributed by atoms with E-state index in [0.29, 0.717) is 36.4 Å². The van der Waals surface area contributed by atoms with Crippen LogP contribution < -0.4 is 15.0 Å². The molecule has 2 amide bonds. The van der Waals surface area contributed by atoms with Crippen LogP contribution in [0.4, 0.5) is 10.2 Å². The Labute approximate surface area is 277 Å². The van der Waals surface area contributed by atoms with Gasteiger partial charge in [0.05, 0.1) is 30.4 Å². The molecular weight excluding hydrogens is 599 g/mol. The van der Waals surface area contributed by atoms with E-state index in [1.165, 1.54) is 37.4 Å². The minimum absolute atomic E-state index is 0.00141. The summed E-state index contributed by atoms with van der Waals surface area (Å²) in [6, 6.07) is 3.98. The average Bonchev–Trinajstić information content (AvgIpc) is 3.30. The Morgan fingerprint density at radius 3 is 2.40 bits per heavy atom. The topological polar surface area (TPSA) is 100 Å². The Bertz CT molecular complexity index is 1480. The lowest BCUT2D eigenvalue weighted by atomic mass is 9.70. The van der Waals surface area contributed by atoms with Gasteiger partial charge in [0.1, 0.15) is 17.9 Å². The number of aromatic nitrogens is 2. The number of benzene rings is 1. The zero-order valence-electron chi connectivity index (χ0n) is 28.3. The van der Waals surface area contributed by atoms with Gasteiger partial charge in [0, 0.05) is 42.7 Å². The maximum absolute atomic E-state index is 14.4. The van der Waals surface area contributed by atoms with Crippen LogP contribution in [0.3, 0.4) is 0 Å². The highest BCUT2D eigenvalue weighted by Gasteiger charge is 2.58. The maximum Gasteiger partial charge on any atom is 0.258 e. The second-order valence-corrected chi connectivity index (χ2v) is 15.6. The molecule has 47 heavy (non-hydrogen) atoms. The largest absolute Gasteiger partial charge is 0.451 e. The van der Waals surface area contributed by atoms with Crippen LogP contribution in [0.1, 0.15) is 83.0 Å².